The number of nitrogen functional groups attached to an aromatic ring is 1. The maximum atomic E-state index is 9.35. The third kappa shape index (κ3) is 3.56. The molecule has 0 saturated carbocycles. The molecule has 0 spiro atoms. The van der Waals surface area contributed by atoms with Crippen molar-refractivity contribution in [2.24, 2.45) is 0 Å². The van der Waals surface area contributed by atoms with E-state index in [0.29, 0.717) is 32.8 Å². The zero-order valence-corrected chi connectivity index (χ0v) is 13.5. The minimum atomic E-state index is 0.346. The molecule has 108 valence electrons. The molecule has 6 heteroatoms. The van der Waals surface area contributed by atoms with Crippen molar-refractivity contribution in [3.05, 3.63) is 45.9 Å². The van der Waals surface area contributed by atoms with E-state index in [1.807, 2.05) is 19.1 Å². The van der Waals surface area contributed by atoms with Crippen molar-refractivity contribution in [1.82, 2.24) is 0 Å². The van der Waals surface area contributed by atoms with Gasteiger partial charge >= 0.3 is 0 Å². The van der Waals surface area contributed by atoms with Crippen molar-refractivity contribution in [1.29, 1.82) is 5.26 Å². The molecule has 2 aromatic carbocycles. The molecule has 0 heterocycles. The predicted octanol–water partition coefficient (Wildman–Crippen LogP) is 5.35. The van der Waals surface area contributed by atoms with Crippen LogP contribution in [0.25, 0.3) is 0 Å². The van der Waals surface area contributed by atoms with Crippen LogP contribution in [0.3, 0.4) is 0 Å². The normalized spacial score (nSPS) is 10.2. The van der Waals surface area contributed by atoms with Gasteiger partial charge in [-0.1, -0.05) is 36.2 Å². The highest BCUT2D eigenvalue weighted by atomic mass is 35.5. The predicted molar refractivity (Wildman–Crippen MR) is 88.5 cm³/mol. The lowest BCUT2D eigenvalue weighted by Gasteiger charge is -2.12. The van der Waals surface area contributed by atoms with Crippen molar-refractivity contribution in [2.75, 3.05) is 11.5 Å². The first kappa shape index (κ1) is 15.8. The maximum Gasteiger partial charge on any atom is 0.151 e. The van der Waals surface area contributed by atoms with Gasteiger partial charge in [0.1, 0.15) is 17.4 Å². The first-order valence-electron chi connectivity index (χ1n) is 6.15. The second-order valence-corrected chi connectivity index (χ2v) is 6.20. The summed E-state index contributed by atoms with van der Waals surface area (Å²) in [5.41, 5.74) is 6.71. The Bertz CT molecular complexity index is 714. The minimum Gasteiger partial charge on any atom is -0.454 e. The highest BCUT2D eigenvalue weighted by molar-refractivity contribution is 7.99. The van der Waals surface area contributed by atoms with Crippen molar-refractivity contribution in [2.45, 2.75) is 11.8 Å². The van der Waals surface area contributed by atoms with E-state index in [-0.39, 0.29) is 0 Å². The first-order chi connectivity index (χ1) is 10.1. The number of hydrogen-bond acceptors (Lipinski definition) is 4. The number of ether oxygens (including phenoxy) is 1. The fourth-order valence-corrected chi connectivity index (χ4v) is 2.83. The van der Waals surface area contributed by atoms with E-state index in [1.54, 1.807) is 23.9 Å². The number of halogens is 2. The summed E-state index contributed by atoms with van der Waals surface area (Å²) in [6, 6.07) is 10.7. The fourth-order valence-electron chi connectivity index (χ4n) is 1.73. The summed E-state index contributed by atoms with van der Waals surface area (Å²) in [5.74, 6) is 1.69. The van der Waals surface area contributed by atoms with Crippen LogP contribution in [0, 0.1) is 11.3 Å². The fraction of sp³-hybridized carbons (Fsp3) is 0.133. The number of benzene rings is 2. The highest BCUT2D eigenvalue weighted by Crippen LogP contribution is 2.37. The second kappa shape index (κ2) is 6.95. The average molecular weight is 339 g/mol. The SMILES string of the molecule is CCSc1cccc(Oc2cc(Cl)c(Cl)cc2N)c1C#N. The molecule has 0 radical (unpaired) electrons. The van der Waals surface area contributed by atoms with E-state index in [4.69, 9.17) is 33.7 Å². The quantitative estimate of drug-likeness (QED) is 0.602. The summed E-state index contributed by atoms with van der Waals surface area (Å²) in [7, 11) is 0. The van der Waals surface area contributed by atoms with Gasteiger partial charge in [-0.2, -0.15) is 5.26 Å². The molecule has 0 bridgehead atoms. The molecule has 21 heavy (non-hydrogen) atoms. The Balaban J connectivity index is 2.43. The van der Waals surface area contributed by atoms with Crippen LogP contribution >= 0.6 is 35.0 Å². The number of anilines is 1. The Hall–Kier alpha value is -1.54. The Morgan fingerprint density at radius 2 is 1.95 bits per heavy atom. The smallest absolute Gasteiger partial charge is 0.151 e. The minimum absolute atomic E-state index is 0.346. The lowest BCUT2D eigenvalue weighted by Crippen LogP contribution is -1.95. The summed E-state index contributed by atoms with van der Waals surface area (Å²) >= 11 is 13.4. The van der Waals surface area contributed by atoms with Gasteiger partial charge in [0.25, 0.3) is 0 Å². The van der Waals surface area contributed by atoms with Crippen LogP contribution in [0.1, 0.15) is 12.5 Å². The number of hydrogen-bond donors (Lipinski definition) is 1. The van der Waals surface area contributed by atoms with E-state index in [2.05, 4.69) is 6.07 Å². The zero-order valence-electron chi connectivity index (χ0n) is 11.2. The summed E-state index contributed by atoms with van der Waals surface area (Å²) in [6.07, 6.45) is 0. The van der Waals surface area contributed by atoms with Gasteiger partial charge < -0.3 is 10.5 Å². The van der Waals surface area contributed by atoms with Gasteiger partial charge in [0.15, 0.2) is 5.75 Å². The van der Waals surface area contributed by atoms with Gasteiger partial charge in [-0.15, -0.1) is 11.8 Å². The van der Waals surface area contributed by atoms with E-state index < -0.39 is 0 Å². The van der Waals surface area contributed by atoms with E-state index in [9.17, 15) is 5.26 Å². The van der Waals surface area contributed by atoms with Crippen LogP contribution in [0.2, 0.25) is 10.0 Å². The summed E-state index contributed by atoms with van der Waals surface area (Å²) < 4.78 is 5.75. The molecule has 0 fully saturated rings. The standard InChI is InChI=1S/C15H12Cl2N2OS/c1-2-21-15-5-3-4-13(9(15)8-18)20-14-7-11(17)10(16)6-12(14)19/h3-7H,2,19H2,1H3. The summed E-state index contributed by atoms with van der Waals surface area (Å²) in [5, 5.41) is 10.1. The molecule has 0 aromatic heterocycles. The van der Waals surface area contributed by atoms with E-state index in [1.165, 1.54) is 6.07 Å². The van der Waals surface area contributed by atoms with Crippen molar-refractivity contribution < 1.29 is 4.74 Å². The van der Waals surface area contributed by atoms with Gasteiger partial charge in [-0.05, 0) is 24.0 Å². The monoisotopic (exact) mass is 338 g/mol. The molecule has 0 atom stereocenters. The number of rotatable bonds is 4. The van der Waals surface area contributed by atoms with Crippen LogP contribution in [0.15, 0.2) is 35.2 Å². The Kier molecular flexibility index (Phi) is 5.24. The maximum absolute atomic E-state index is 9.35. The number of nitriles is 1. The molecule has 0 unspecified atom stereocenters. The topological polar surface area (TPSA) is 59.0 Å². The van der Waals surface area contributed by atoms with Gasteiger partial charge in [0, 0.05) is 11.0 Å². The van der Waals surface area contributed by atoms with Gasteiger partial charge in [-0.25, -0.2) is 0 Å². The van der Waals surface area contributed by atoms with Crippen LogP contribution in [-0.4, -0.2) is 5.75 Å². The molecule has 0 aliphatic heterocycles. The van der Waals surface area contributed by atoms with Crippen LogP contribution in [0.4, 0.5) is 5.69 Å². The molecule has 2 aromatic rings. The Labute approximate surface area is 137 Å². The third-order valence-electron chi connectivity index (χ3n) is 2.67. The molecule has 0 amide bonds. The summed E-state index contributed by atoms with van der Waals surface area (Å²) in [6.45, 7) is 2.02. The van der Waals surface area contributed by atoms with Gasteiger partial charge in [-0.3, -0.25) is 0 Å². The van der Waals surface area contributed by atoms with Crippen LogP contribution < -0.4 is 10.5 Å². The molecular formula is C15H12Cl2N2OS. The number of nitrogens with zero attached hydrogens (tertiary/aromatic N) is 1. The molecule has 0 aliphatic carbocycles. The van der Waals surface area contributed by atoms with Gasteiger partial charge in [0.2, 0.25) is 0 Å². The van der Waals surface area contributed by atoms with Crippen molar-refractivity contribution in [3.8, 4) is 17.6 Å². The molecule has 2 rings (SSSR count). The Morgan fingerprint density at radius 1 is 1.24 bits per heavy atom. The number of thioether (sulfide) groups is 1. The largest absolute Gasteiger partial charge is 0.454 e. The van der Waals surface area contributed by atoms with Gasteiger partial charge in [0.05, 0.1) is 15.7 Å². The summed E-state index contributed by atoms with van der Waals surface area (Å²) in [4.78, 5) is 0.871. The van der Waals surface area contributed by atoms with Crippen molar-refractivity contribution in [3.63, 3.8) is 0 Å². The lowest BCUT2D eigenvalue weighted by atomic mass is 10.2. The number of nitrogens with two attached hydrogens (primary N) is 1. The van der Waals surface area contributed by atoms with Crippen LogP contribution in [-0.2, 0) is 0 Å². The molecule has 0 saturated heterocycles. The second-order valence-electron chi connectivity index (χ2n) is 4.08. The Morgan fingerprint density at radius 3 is 2.62 bits per heavy atom. The molecule has 3 nitrogen and oxygen atoms in total. The molecular weight excluding hydrogens is 327 g/mol. The highest BCUT2D eigenvalue weighted by Gasteiger charge is 2.13. The molecule has 0 aliphatic rings. The first-order valence-corrected chi connectivity index (χ1v) is 7.89. The third-order valence-corrected chi connectivity index (χ3v) is 4.33. The molecule has 2 N–H and O–H groups in total. The van der Waals surface area contributed by atoms with E-state index in [0.717, 1.165) is 10.6 Å². The van der Waals surface area contributed by atoms with Crippen LogP contribution in [0.5, 0.6) is 11.5 Å². The van der Waals surface area contributed by atoms with E-state index >= 15 is 0 Å². The zero-order chi connectivity index (χ0) is 15.4. The van der Waals surface area contributed by atoms with Crippen molar-refractivity contribution >= 4 is 40.7 Å². The lowest BCUT2D eigenvalue weighted by molar-refractivity contribution is 0.482. The average Bonchev–Trinajstić information content (AvgIpc) is 2.45.